The minimum atomic E-state index is -0.131. The molecule has 1 N–H and O–H groups in total. The second-order valence-corrected chi connectivity index (χ2v) is 8.96. The standard InChI is InChI=1S/C23H24N6O2S2/c1-3-4-11-25-22(30)17-14-32-20(26-17)15-33-23-28-27-21(16-9-12-24-13-10-16)29(23)18-7-5-6-8-19(18)31-2/h5-10,12-14H,3-4,11,15H2,1-2H3,(H,25,30). The van der Waals surface area contributed by atoms with Crippen molar-refractivity contribution < 1.29 is 9.53 Å². The van der Waals surface area contributed by atoms with Crippen molar-refractivity contribution in [1.29, 1.82) is 0 Å². The summed E-state index contributed by atoms with van der Waals surface area (Å²) < 4.78 is 7.57. The fourth-order valence-corrected chi connectivity index (χ4v) is 4.90. The molecule has 0 aliphatic heterocycles. The van der Waals surface area contributed by atoms with E-state index in [2.05, 4.69) is 32.4 Å². The van der Waals surface area contributed by atoms with Gasteiger partial charge in [-0.3, -0.25) is 14.3 Å². The third-order valence-electron chi connectivity index (χ3n) is 4.82. The summed E-state index contributed by atoms with van der Waals surface area (Å²) in [4.78, 5) is 20.9. The molecule has 8 nitrogen and oxygen atoms in total. The van der Waals surface area contributed by atoms with Crippen LogP contribution in [0.4, 0.5) is 0 Å². The Kier molecular flexibility index (Phi) is 7.69. The molecule has 10 heteroatoms. The van der Waals surface area contributed by atoms with Crippen LogP contribution in [-0.2, 0) is 5.75 Å². The Morgan fingerprint density at radius 3 is 2.79 bits per heavy atom. The van der Waals surface area contributed by atoms with Gasteiger partial charge < -0.3 is 10.1 Å². The van der Waals surface area contributed by atoms with Gasteiger partial charge in [-0.2, -0.15) is 0 Å². The molecule has 33 heavy (non-hydrogen) atoms. The molecular weight excluding hydrogens is 456 g/mol. The molecule has 0 fully saturated rings. The minimum Gasteiger partial charge on any atom is -0.495 e. The number of thioether (sulfide) groups is 1. The van der Waals surface area contributed by atoms with Crippen molar-refractivity contribution in [2.24, 2.45) is 0 Å². The van der Waals surface area contributed by atoms with Gasteiger partial charge in [-0.15, -0.1) is 21.5 Å². The van der Waals surface area contributed by atoms with E-state index in [0.29, 0.717) is 29.0 Å². The summed E-state index contributed by atoms with van der Waals surface area (Å²) in [5, 5.41) is 15.2. The number of thiazole rings is 1. The van der Waals surface area contributed by atoms with Crippen LogP contribution in [0.1, 0.15) is 35.3 Å². The Hall–Kier alpha value is -3.24. The van der Waals surface area contributed by atoms with Crippen LogP contribution in [0, 0.1) is 0 Å². The van der Waals surface area contributed by atoms with Crippen molar-refractivity contribution >= 4 is 29.0 Å². The van der Waals surface area contributed by atoms with Gasteiger partial charge in [0.2, 0.25) is 0 Å². The lowest BCUT2D eigenvalue weighted by Crippen LogP contribution is -2.24. The number of hydrogen-bond acceptors (Lipinski definition) is 8. The Balaban J connectivity index is 1.59. The third kappa shape index (κ3) is 5.40. The number of carbonyl (C=O) groups is 1. The first-order valence-electron chi connectivity index (χ1n) is 10.6. The summed E-state index contributed by atoms with van der Waals surface area (Å²) in [6, 6.07) is 11.5. The van der Waals surface area contributed by atoms with Crippen LogP contribution in [0.2, 0.25) is 0 Å². The van der Waals surface area contributed by atoms with Crippen molar-refractivity contribution in [3.63, 3.8) is 0 Å². The highest BCUT2D eigenvalue weighted by molar-refractivity contribution is 7.98. The van der Waals surface area contributed by atoms with Crippen molar-refractivity contribution in [2.75, 3.05) is 13.7 Å². The SMILES string of the molecule is CCCCNC(=O)c1csc(CSc2nnc(-c3ccncc3)n2-c2ccccc2OC)n1. The monoisotopic (exact) mass is 480 g/mol. The van der Waals surface area contributed by atoms with Gasteiger partial charge in [0.05, 0.1) is 18.6 Å². The molecular formula is C23H24N6O2S2. The number of unbranched alkanes of at least 4 members (excludes halogenated alkanes) is 1. The predicted octanol–water partition coefficient (Wildman–Crippen LogP) is 4.62. The van der Waals surface area contributed by atoms with Gasteiger partial charge in [0.15, 0.2) is 11.0 Å². The van der Waals surface area contributed by atoms with Gasteiger partial charge in [0, 0.05) is 29.9 Å². The first-order chi connectivity index (χ1) is 16.2. The Bertz CT molecular complexity index is 1210. The molecule has 0 saturated heterocycles. The van der Waals surface area contributed by atoms with Crippen LogP contribution in [0.25, 0.3) is 17.1 Å². The smallest absolute Gasteiger partial charge is 0.270 e. The zero-order valence-corrected chi connectivity index (χ0v) is 20.0. The molecule has 1 amide bonds. The lowest BCUT2D eigenvalue weighted by atomic mass is 10.2. The molecule has 4 aromatic rings. The number of benzene rings is 1. The summed E-state index contributed by atoms with van der Waals surface area (Å²) in [6.07, 6.45) is 5.45. The number of ether oxygens (including phenoxy) is 1. The molecule has 0 bridgehead atoms. The summed E-state index contributed by atoms with van der Waals surface area (Å²) >= 11 is 2.98. The molecule has 170 valence electrons. The summed E-state index contributed by atoms with van der Waals surface area (Å²) in [6.45, 7) is 2.75. The number of nitrogens with one attached hydrogen (secondary N) is 1. The first-order valence-corrected chi connectivity index (χ1v) is 12.4. The Morgan fingerprint density at radius 2 is 2.00 bits per heavy atom. The fraction of sp³-hybridized carbons (Fsp3) is 0.261. The summed E-state index contributed by atoms with van der Waals surface area (Å²) in [5.41, 5.74) is 2.19. The Labute approximate surface area is 200 Å². The van der Waals surface area contributed by atoms with E-state index in [1.807, 2.05) is 41.0 Å². The van der Waals surface area contributed by atoms with Crippen LogP contribution in [-0.4, -0.2) is 44.3 Å². The molecule has 0 aliphatic carbocycles. The largest absolute Gasteiger partial charge is 0.495 e. The number of methoxy groups -OCH3 is 1. The maximum Gasteiger partial charge on any atom is 0.270 e. The molecule has 0 aliphatic rings. The van der Waals surface area contributed by atoms with E-state index in [-0.39, 0.29) is 5.91 Å². The molecule has 1 aromatic carbocycles. The van der Waals surface area contributed by atoms with Gasteiger partial charge in [-0.05, 0) is 30.7 Å². The maximum absolute atomic E-state index is 12.3. The molecule has 0 unspecified atom stereocenters. The van der Waals surface area contributed by atoms with E-state index in [4.69, 9.17) is 4.74 Å². The van der Waals surface area contributed by atoms with Gasteiger partial charge >= 0.3 is 0 Å². The molecule has 3 aromatic heterocycles. The van der Waals surface area contributed by atoms with Crippen molar-refractivity contribution in [3.05, 3.63) is 64.9 Å². The number of para-hydroxylation sites is 2. The van der Waals surface area contributed by atoms with Crippen molar-refractivity contribution in [2.45, 2.75) is 30.7 Å². The average molecular weight is 481 g/mol. The number of amides is 1. The van der Waals surface area contributed by atoms with E-state index < -0.39 is 0 Å². The van der Waals surface area contributed by atoms with Crippen LogP contribution in [0.3, 0.4) is 0 Å². The van der Waals surface area contributed by atoms with Crippen molar-refractivity contribution in [1.82, 2.24) is 30.0 Å². The third-order valence-corrected chi connectivity index (χ3v) is 6.79. The summed E-state index contributed by atoms with van der Waals surface area (Å²) in [5.74, 6) is 1.85. The lowest BCUT2D eigenvalue weighted by Gasteiger charge is -2.13. The molecule has 0 saturated carbocycles. The minimum absolute atomic E-state index is 0.131. The first kappa shape index (κ1) is 22.9. The van der Waals surface area contributed by atoms with Gasteiger partial charge in [0.1, 0.15) is 16.5 Å². The van der Waals surface area contributed by atoms with Gasteiger partial charge in [0.25, 0.3) is 5.91 Å². The highest BCUT2D eigenvalue weighted by atomic mass is 32.2. The number of aromatic nitrogens is 5. The van der Waals surface area contributed by atoms with E-state index in [9.17, 15) is 4.79 Å². The zero-order chi connectivity index (χ0) is 23.0. The normalized spacial score (nSPS) is 10.8. The van der Waals surface area contributed by atoms with Crippen LogP contribution in [0.15, 0.2) is 59.3 Å². The van der Waals surface area contributed by atoms with Crippen LogP contribution in [0.5, 0.6) is 5.75 Å². The highest BCUT2D eigenvalue weighted by Crippen LogP contribution is 2.33. The quantitative estimate of drug-likeness (QED) is 0.261. The molecule has 4 rings (SSSR count). The predicted molar refractivity (Wildman–Crippen MR) is 130 cm³/mol. The summed E-state index contributed by atoms with van der Waals surface area (Å²) in [7, 11) is 1.64. The van der Waals surface area contributed by atoms with Crippen LogP contribution >= 0.6 is 23.1 Å². The molecule has 3 heterocycles. The van der Waals surface area contributed by atoms with E-state index in [0.717, 1.165) is 34.8 Å². The second kappa shape index (κ2) is 11.1. The number of rotatable bonds is 10. The number of carbonyl (C=O) groups excluding carboxylic acids is 1. The topological polar surface area (TPSA) is 94.8 Å². The van der Waals surface area contributed by atoms with E-state index >= 15 is 0 Å². The van der Waals surface area contributed by atoms with Gasteiger partial charge in [-0.25, -0.2) is 4.98 Å². The molecule has 0 spiro atoms. The van der Waals surface area contributed by atoms with Crippen LogP contribution < -0.4 is 10.1 Å². The molecule has 0 radical (unpaired) electrons. The van der Waals surface area contributed by atoms with E-state index in [1.165, 1.54) is 23.1 Å². The highest BCUT2D eigenvalue weighted by Gasteiger charge is 2.19. The fourth-order valence-electron chi connectivity index (χ4n) is 3.16. The lowest BCUT2D eigenvalue weighted by molar-refractivity contribution is 0.0948. The zero-order valence-electron chi connectivity index (χ0n) is 18.4. The number of nitrogens with zero attached hydrogens (tertiary/aromatic N) is 5. The number of pyridine rings is 1. The van der Waals surface area contributed by atoms with Gasteiger partial charge in [-0.1, -0.05) is 37.2 Å². The maximum atomic E-state index is 12.3. The van der Waals surface area contributed by atoms with Crippen molar-refractivity contribution in [3.8, 4) is 22.8 Å². The van der Waals surface area contributed by atoms with E-state index in [1.54, 1.807) is 24.9 Å². The second-order valence-electron chi connectivity index (χ2n) is 7.07. The number of hydrogen-bond donors (Lipinski definition) is 1. The average Bonchev–Trinajstić information content (AvgIpc) is 3.50. The Morgan fingerprint density at radius 1 is 1.18 bits per heavy atom. The molecule has 0 atom stereocenters.